The molecule has 29 heavy (non-hydrogen) atoms. The van der Waals surface area contributed by atoms with Gasteiger partial charge in [0, 0.05) is 20.5 Å². The molecule has 0 bridgehead atoms. The summed E-state index contributed by atoms with van der Waals surface area (Å²) in [6.45, 7) is 1.91. The normalized spacial score (nSPS) is 16.4. The van der Waals surface area contributed by atoms with Crippen LogP contribution in [0.5, 0.6) is 0 Å². The van der Waals surface area contributed by atoms with Crippen molar-refractivity contribution in [2.45, 2.75) is 19.3 Å². The van der Waals surface area contributed by atoms with E-state index < -0.39 is 17.9 Å². The molecular formula is C22H16F3IN2O. The van der Waals surface area contributed by atoms with E-state index >= 15 is 0 Å². The number of carbonyl (C=O) groups excluding carboxylic acids is 1. The number of fused-ring (bicyclic) bond motifs is 1. The van der Waals surface area contributed by atoms with Gasteiger partial charge in [0.2, 0.25) is 0 Å². The first-order valence-corrected chi connectivity index (χ1v) is 9.96. The summed E-state index contributed by atoms with van der Waals surface area (Å²) >= 11 is 2.11. The molecule has 148 valence electrons. The third kappa shape index (κ3) is 3.71. The van der Waals surface area contributed by atoms with E-state index in [0.29, 0.717) is 16.9 Å². The summed E-state index contributed by atoms with van der Waals surface area (Å²) in [5.41, 5.74) is 1.70. The Hall–Kier alpha value is -2.55. The molecule has 3 nitrogen and oxygen atoms in total. The lowest BCUT2D eigenvalue weighted by Crippen LogP contribution is -2.44. The number of nitrogens with zero attached hydrogens (tertiary/aromatic N) is 1. The van der Waals surface area contributed by atoms with Gasteiger partial charge >= 0.3 is 6.18 Å². The summed E-state index contributed by atoms with van der Waals surface area (Å²) in [4.78, 5) is 14.8. The zero-order valence-electron chi connectivity index (χ0n) is 15.3. The number of carbonyl (C=O) groups is 1. The van der Waals surface area contributed by atoms with Crippen LogP contribution < -0.4 is 10.2 Å². The highest BCUT2D eigenvalue weighted by Crippen LogP contribution is 2.41. The molecule has 1 amide bonds. The van der Waals surface area contributed by atoms with Gasteiger partial charge in [-0.2, -0.15) is 13.2 Å². The molecule has 0 fully saturated rings. The van der Waals surface area contributed by atoms with Crippen LogP contribution in [0.25, 0.3) is 0 Å². The van der Waals surface area contributed by atoms with Gasteiger partial charge in [-0.25, -0.2) is 0 Å². The molecule has 1 heterocycles. The van der Waals surface area contributed by atoms with Crippen LogP contribution in [0.15, 0.2) is 66.7 Å². The molecule has 3 aromatic rings. The van der Waals surface area contributed by atoms with E-state index in [1.54, 1.807) is 30.3 Å². The van der Waals surface area contributed by atoms with Crippen LogP contribution in [0.4, 0.5) is 24.5 Å². The zero-order valence-corrected chi connectivity index (χ0v) is 17.5. The number of alkyl halides is 3. The van der Waals surface area contributed by atoms with Gasteiger partial charge in [-0.05, 0) is 65.9 Å². The molecule has 1 aliphatic rings. The molecule has 7 heteroatoms. The molecule has 4 rings (SSSR count). The van der Waals surface area contributed by atoms with Crippen molar-refractivity contribution in [2.24, 2.45) is 0 Å². The lowest BCUT2D eigenvalue weighted by atomic mass is 9.98. The van der Waals surface area contributed by atoms with Crippen molar-refractivity contribution >= 4 is 39.9 Å². The van der Waals surface area contributed by atoms with Gasteiger partial charge in [0.25, 0.3) is 5.91 Å². The molecule has 0 spiro atoms. The number of benzene rings is 3. The second kappa shape index (κ2) is 7.37. The number of hydrogen-bond acceptors (Lipinski definition) is 2. The Morgan fingerprint density at radius 1 is 1.00 bits per heavy atom. The summed E-state index contributed by atoms with van der Waals surface area (Å²) in [6, 6.07) is 17.8. The summed E-state index contributed by atoms with van der Waals surface area (Å²) in [5, 5.41) is 3.15. The summed E-state index contributed by atoms with van der Waals surface area (Å²) in [5.74, 6) is -0.344. The molecule has 0 aromatic heterocycles. The average Bonchev–Trinajstić information content (AvgIpc) is 2.69. The van der Waals surface area contributed by atoms with Crippen LogP contribution in [0.2, 0.25) is 0 Å². The minimum Gasteiger partial charge on any atom is -0.360 e. The molecule has 1 atom stereocenters. The van der Waals surface area contributed by atoms with Crippen molar-refractivity contribution < 1.29 is 18.0 Å². The van der Waals surface area contributed by atoms with E-state index in [0.717, 1.165) is 15.2 Å². The minimum atomic E-state index is -4.54. The SMILES string of the molecule is Cc1ccc(N2C(=O)c3cc(I)ccc3N[C@@H]2c2ccccc2C(F)(F)F)cc1. The third-order valence-electron chi connectivity index (χ3n) is 4.85. The van der Waals surface area contributed by atoms with Crippen molar-refractivity contribution in [3.8, 4) is 0 Å². The monoisotopic (exact) mass is 508 g/mol. The van der Waals surface area contributed by atoms with Crippen LogP contribution in [0.3, 0.4) is 0 Å². The Morgan fingerprint density at radius 3 is 2.38 bits per heavy atom. The van der Waals surface area contributed by atoms with Crippen LogP contribution >= 0.6 is 22.6 Å². The fourth-order valence-electron chi connectivity index (χ4n) is 3.46. The summed E-state index contributed by atoms with van der Waals surface area (Å²) < 4.78 is 42.0. The van der Waals surface area contributed by atoms with Gasteiger partial charge in [-0.3, -0.25) is 9.69 Å². The summed E-state index contributed by atoms with van der Waals surface area (Å²) in [6.07, 6.45) is -5.53. The average molecular weight is 508 g/mol. The Bertz CT molecular complexity index is 1080. The fraction of sp³-hybridized carbons (Fsp3) is 0.136. The van der Waals surface area contributed by atoms with Crippen LogP contribution in [-0.2, 0) is 6.18 Å². The predicted octanol–water partition coefficient (Wildman–Crippen LogP) is 6.39. The summed E-state index contributed by atoms with van der Waals surface area (Å²) in [7, 11) is 0. The van der Waals surface area contributed by atoms with Gasteiger partial charge < -0.3 is 5.32 Å². The number of halogens is 4. The molecule has 0 aliphatic carbocycles. The lowest BCUT2D eigenvalue weighted by molar-refractivity contribution is -0.138. The van der Waals surface area contributed by atoms with Crippen molar-refractivity contribution in [1.29, 1.82) is 0 Å². The lowest BCUT2D eigenvalue weighted by Gasteiger charge is -2.39. The Kier molecular flexibility index (Phi) is 5.02. The number of nitrogens with one attached hydrogen (secondary N) is 1. The Labute approximate surface area is 179 Å². The highest BCUT2D eigenvalue weighted by molar-refractivity contribution is 14.1. The maximum atomic E-state index is 13.7. The van der Waals surface area contributed by atoms with Gasteiger partial charge in [-0.1, -0.05) is 35.9 Å². The molecule has 1 N–H and O–H groups in total. The number of rotatable bonds is 2. The van der Waals surface area contributed by atoms with Crippen molar-refractivity contribution in [2.75, 3.05) is 10.2 Å². The number of amides is 1. The van der Waals surface area contributed by atoms with Gasteiger partial charge in [0.05, 0.1) is 11.1 Å². The maximum absolute atomic E-state index is 13.7. The molecule has 0 unspecified atom stereocenters. The number of anilines is 2. The molecule has 0 radical (unpaired) electrons. The Balaban J connectivity index is 1.92. The molecule has 0 saturated carbocycles. The van der Waals surface area contributed by atoms with E-state index in [-0.39, 0.29) is 11.5 Å². The molecular weight excluding hydrogens is 492 g/mol. The first kappa shape index (κ1) is 19.8. The quantitative estimate of drug-likeness (QED) is 0.407. The van der Waals surface area contributed by atoms with Gasteiger partial charge in [0.1, 0.15) is 6.17 Å². The highest BCUT2D eigenvalue weighted by atomic mass is 127. The fourth-order valence-corrected chi connectivity index (χ4v) is 3.95. The minimum absolute atomic E-state index is 0.00174. The smallest absolute Gasteiger partial charge is 0.360 e. The van der Waals surface area contributed by atoms with Crippen LogP contribution in [0, 0.1) is 10.5 Å². The molecule has 1 aliphatic heterocycles. The van der Waals surface area contributed by atoms with E-state index in [2.05, 4.69) is 27.9 Å². The largest absolute Gasteiger partial charge is 0.416 e. The van der Waals surface area contributed by atoms with E-state index in [4.69, 9.17) is 0 Å². The topological polar surface area (TPSA) is 32.3 Å². The highest BCUT2D eigenvalue weighted by Gasteiger charge is 2.40. The van der Waals surface area contributed by atoms with Crippen molar-refractivity contribution in [3.63, 3.8) is 0 Å². The predicted molar refractivity (Wildman–Crippen MR) is 115 cm³/mol. The number of hydrogen-bond donors (Lipinski definition) is 1. The third-order valence-corrected chi connectivity index (χ3v) is 5.53. The zero-order chi connectivity index (χ0) is 20.8. The number of aryl methyl sites for hydroxylation is 1. The Morgan fingerprint density at radius 2 is 1.69 bits per heavy atom. The van der Waals surface area contributed by atoms with Crippen LogP contribution in [0.1, 0.15) is 33.2 Å². The maximum Gasteiger partial charge on any atom is 0.416 e. The van der Waals surface area contributed by atoms with Crippen molar-refractivity contribution in [1.82, 2.24) is 0 Å². The van der Waals surface area contributed by atoms with Gasteiger partial charge in [0.15, 0.2) is 0 Å². The van der Waals surface area contributed by atoms with E-state index in [1.165, 1.54) is 17.0 Å². The first-order chi connectivity index (χ1) is 13.8. The van der Waals surface area contributed by atoms with Crippen LogP contribution in [-0.4, -0.2) is 5.91 Å². The molecule has 0 saturated heterocycles. The first-order valence-electron chi connectivity index (χ1n) is 8.88. The standard InChI is InChI=1S/C22H16F3IN2O/c1-13-6-9-15(10-7-13)28-20(16-4-2-3-5-18(16)22(23,24)25)27-19-11-8-14(26)12-17(19)21(28)29/h2-12,20,27H,1H3/t20-/m0/s1. The van der Waals surface area contributed by atoms with E-state index in [9.17, 15) is 18.0 Å². The second-order valence-corrected chi connectivity index (χ2v) is 8.08. The van der Waals surface area contributed by atoms with Crippen molar-refractivity contribution in [3.05, 3.63) is 92.6 Å². The van der Waals surface area contributed by atoms with Gasteiger partial charge in [-0.15, -0.1) is 0 Å². The molecule has 3 aromatic carbocycles. The second-order valence-electron chi connectivity index (χ2n) is 6.83. The van der Waals surface area contributed by atoms with E-state index in [1.807, 2.05) is 25.1 Å².